The van der Waals surface area contributed by atoms with Crippen LogP contribution in [0.15, 0.2) is 28.4 Å². The smallest absolute Gasteiger partial charge is 0.317 e. The average Bonchev–Trinajstić information content (AvgIpc) is 3.02. The van der Waals surface area contributed by atoms with Crippen LogP contribution in [0, 0.1) is 12.8 Å². The lowest BCUT2D eigenvalue weighted by molar-refractivity contribution is -0.139. The minimum absolute atomic E-state index is 0.0574. The van der Waals surface area contributed by atoms with E-state index in [2.05, 4.69) is 40.2 Å². The largest absolute Gasteiger partial charge is 0.483 e. The number of carboxylic acid groups (broad SMARTS) is 3. The van der Waals surface area contributed by atoms with Gasteiger partial charge in [0.2, 0.25) is 5.91 Å². The van der Waals surface area contributed by atoms with E-state index in [1.54, 1.807) is 0 Å². The van der Waals surface area contributed by atoms with Crippen molar-refractivity contribution in [3.05, 3.63) is 34.9 Å². The SMILES string of the molecule is CCCC[C@@H](C)CCN(CCN(CCN(CCC)CC(=O)O)CC(=O)NCc1cc(C)cc(C2=NNC=NN2)c1)CC(=O)O.O=CO. The van der Waals surface area contributed by atoms with Gasteiger partial charge in [-0.2, -0.15) is 10.2 Å². The number of unbranched alkanes of at least 4 members (excludes halogenated alkanes) is 1. The van der Waals surface area contributed by atoms with Gasteiger partial charge in [0.25, 0.3) is 6.47 Å². The number of nitrogens with one attached hydrogen (secondary N) is 3. The quantitative estimate of drug-likeness (QED) is 0.0931. The summed E-state index contributed by atoms with van der Waals surface area (Å²) < 4.78 is 0. The minimum atomic E-state index is -0.887. The Morgan fingerprint density at radius 1 is 0.894 bits per heavy atom. The second kappa shape index (κ2) is 24.1. The van der Waals surface area contributed by atoms with Crippen LogP contribution in [0.3, 0.4) is 0 Å². The molecule has 0 aromatic heterocycles. The molecule has 1 aromatic carbocycles. The van der Waals surface area contributed by atoms with Crippen LogP contribution in [0.5, 0.6) is 0 Å². The number of hydrogen-bond donors (Lipinski definition) is 6. The van der Waals surface area contributed by atoms with Crippen molar-refractivity contribution >= 4 is 36.5 Å². The molecule has 1 heterocycles. The fourth-order valence-electron chi connectivity index (χ4n) is 5.10. The highest BCUT2D eigenvalue weighted by atomic mass is 16.4. The summed E-state index contributed by atoms with van der Waals surface area (Å²) in [4.78, 5) is 50.3. The maximum Gasteiger partial charge on any atom is 0.317 e. The molecule has 15 nitrogen and oxygen atoms in total. The van der Waals surface area contributed by atoms with Crippen molar-refractivity contribution in [2.24, 2.45) is 16.1 Å². The standard InChI is InChI=1S/C31H52N8O5.CH2O2/c1-5-7-8-24(3)9-11-38(22-30(43)44)13-15-39(14-12-37(10-6-2)21-29(41)42)20-28(40)32-19-26-16-25(4)17-27(18-26)31-35-33-23-34-36-31;2-1-3/h16-18,23-24H,5-15,19-22H2,1-4H3,(H,32,40)(H,33,34)(H,35,36)(H,41,42)(H,43,44);1H,(H,2,3)/t24-;/m1./s1. The van der Waals surface area contributed by atoms with Crippen molar-refractivity contribution < 1.29 is 34.5 Å². The lowest BCUT2D eigenvalue weighted by Crippen LogP contribution is -2.46. The Labute approximate surface area is 278 Å². The predicted molar refractivity (Wildman–Crippen MR) is 181 cm³/mol. The first-order chi connectivity index (χ1) is 22.5. The van der Waals surface area contributed by atoms with E-state index in [0.717, 1.165) is 48.8 Å². The molecule has 264 valence electrons. The highest BCUT2D eigenvalue weighted by molar-refractivity contribution is 6.00. The van der Waals surface area contributed by atoms with Crippen LogP contribution in [0.2, 0.25) is 0 Å². The van der Waals surface area contributed by atoms with E-state index in [1.165, 1.54) is 6.34 Å². The maximum atomic E-state index is 13.2. The van der Waals surface area contributed by atoms with E-state index in [4.69, 9.17) is 9.90 Å². The van der Waals surface area contributed by atoms with Crippen LogP contribution in [-0.4, -0.2) is 125 Å². The van der Waals surface area contributed by atoms with Crippen molar-refractivity contribution in [2.45, 2.75) is 66.3 Å². The summed E-state index contributed by atoms with van der Waals surface area (Å²) in [6.45, 7) is 11.7. The lowest BCUT2D eigenvalue weighted by atomic mass is 10.0. The van der Waals surface area contributed by atoms with Crippen molar-refractivity contribution in [1.29, 1.82) is 0 Å². The van der Waals surface area contributed by atoms with Crippen molar-refractivity contribution in [3.63, 3.8) is 0 Å². The number of rotatable bonds is 23. The van der Waals surface area contributed by atoms with E-state index < -0.39 is 11.9 Å². The molecular formula is C32H54N8O7. The topological polar surface area (TPSA) is 199 Å². The molecule has 0 unspecified atom stereocenters. The highest BCUT2D eigenvalue weighted by Gasteiger charge is 2.18. The van der Waals surface area contributed by atoms with Crippen LogP contribution in [0.4, 0.5) is 0 Å². The third kappa shape index (κ3) is 19.2. The summed E-state index contributed by atoms with van der Waals surface area (Å²) in [6, 6.07) is 5.93. The maximum absolute atomic E-state index is 13.2. The molecular weight excluding hydrogens is 608 g/mol. The van der Waals surface area contributed by atoms with E-state index in [-0.39, 0.29) is 32.0 Å². The number of hydrogen-bond acceptors (Lipinski definition) is 11. The van der Waals surface area contributed by atoms with Crippen molar-refractivity contribution in [2.75, 3.05) is 58.9 Å². The third-order valence-electron chi connectivity index (χ3n) is 7.45. The first kappa shape index (κ1) is 40.9. The van der Waals surface area contributed by atoms with Gasteiger partial charge in [0.15, 0.2) is 5.84 Å². The number of aryl methyl sites for hydroxylation is 1. The predicted octanol–water partition coefficient (Wildman–Crippen LogP) is 1.81. The van der Waals surface area contributed by atoms with Gasteiger partial charge in [-0.3, -0.25) is 44.7 Å². The van der Waals surface area contributed by atoms with Gasteiger partial charge >= 0.3 is 11.9 Å². The van der Waals surface area contributed by atoms with E-state index in [1.807, 2.05) is 46.7 Å². The van der Waals surface area contributed by atoms with Crippen LogP contribution in [0.25, 0.3) is 0 Å². The third-order valence-corrected chi connectivity index (χ3v) is 7.45. The fraction of sp³-hybridized carbons (Fsp3) is 0.625. The van der Waals surface area contributed by atoms with Crippen LogP contribution in [0.1, 0.15) is 69.6 Å². The summed E-state index contributed by atoms with van der Waals surface area (Å²) in [6.07, 6.45) is 6.61. The molecule has 0 saturated carbocycles. The molecule has 0 aliphatic carbocycles. The fourth-order valence-corrected chi connectivity index (χ4v) is 5.10. The summed E-state index contributed by atoms with van der Waals surface area (Å²) in [5, 5.41) is 36.9. The van der Waals surface area contributed by atoms with Crippen LogP contribution >= 0.6 is 0 Å². The normalized spacial score (nSPS) is 12.9. The van der Waals surface area contributed by atoms with Gasteiger partial charge in [-0.1, -0.05) is 51.7 Å². The van der Waals surface area contributed by atoms with Crippen LogP contribution in [-0.2, 0) is 25.7 Å². The average molecular weight is 663 g/mol. The monoisotopic (exact) mass is 662 g/mol. The molecule has 47 heavy (non-hydrogen) atoms. The number of carboxylic acids is 2. The van der Waals surface area contributed by atoms with E-state index in [9.17, 15) is 24.6 Å². The number of amidine groups is 1. The molecule has 6 N–H and O–H groups in total. The van der Waals surface area contributed by atoms with Gasteiger partial charge in [-0.05, 0) is 56.5 Å². The number of carbonyl (C=O) groups excluding carboxylic acids is 1. The van der Waals surface area contributed by atoms with Gasteiger partial charge in [0.1, 0.15) is 6.34 Å². The van der Waals surface area contributed by atoms with Crippen molar-refractivity contribution in [1.82, 2.24) is 30.9 Å². The zero-order chi connectivity index (χ0) is 35.0. The molecule has 2 rings (SSSR count). The summed E-state index contributed by atoms with van der Waals surface area (Å²) in [5.41, 5.74) is 8.36. The highest BCUT2D eigenvalue weighted by Crippen LogP contribution is 2.13. The van der Waals surface area contributed by atoms with Crippen molar-refractivity contribution in [3.8, 4) is 0 Å². The molecule has 0 spiro atoms. The van der Waals surface area contributed by atoms with Gasteiger partial charge < -0.3 is 20.6 Å². The number of carbonyl (C=O) groups is 4. The number of hydrazone groups is 2. The zero-order valence-corrected chi connectivity index (χ0v) is 28.3. The summed E-state index contributed by atoms with van der Waals surface area (Å²) >= 11 is 0. The molecule has 0 radical (unpaired) electrons. The van der Waals surface area contributed by atoms with Gasteiger partial charge in [0, 0.05) is 38.3 Å². The Morgan fingerprint density at radius 2 is 1.49 bits per heavy atom. The summed E-state index contributed by atoms with van der Waals surface area (Å²) in [5.74, 6) is -0.828. The molecule has 1 aromatic rings. The van der Waals surface area contributed by atoms with Gasteiger partial charge in [-0.25, -0.2) is 0 Å². The number of benzene rings is 1. The molecule has 1 atom stereocenters. The molecule has 1 amide bonds. The van der Waals surface area contributed by atoms with E-state index >= 15 is 0 Å². The number of nitrogens with zero attached hydrogens (tertiary/aromatic N) is 5. The first-order valence-electron chi connectivity index (χ1n) is 16.2. The minimum Gasteiger partial charge on any atom is -0.483 e. The second-order valence-electron chi connectivity index (χ2n) is 11.7. The van der Waals surface area contributed by atoms with Gasteiger partial charge in [0.05, 0.1) is 19.6 Å². The Bertz CT molecular complexity index is 1160. The molecule has 0 saturated heterocycles. The Hall–Kier alpha value is -4.08. The van der Waals surface area contributed by atoms with Crippen LogP contribution < -0.4 is 16.2 Å². The molecule has 1 aliphatic heterocycles. The summed E-state index contributed by atoms with van der Waals surface area (Å²) in [7, 11) is 0. The Balaban J connectivity index is 0.00000354. The zero-order valence-electron chi connectivity index (χ0n) is 28.3. The number of amides is 1. The van der Waals surface area contributed by atoms with E-state index in [0.29, 0.717) is 57.6 Å². The lowest BCUT2D eigenvalue weighted by Gasteiger charge is -2.29. The molecule has 0 bridgehead atoms. The molecule has 0 fully saturated rings. The van der Waals surface area contributed by atoms with Gasteiger partial charge in [-0.15, -0.1) is 0 Å². The molecule has 15 heteroatoms. The Kier molecular flexibility index (Phi) is 21.0. The first-order valence-corrected chi connectivity index (χ1v) is 16.2. The Morgan fingerprint density at radius 3 is 2.02 bits per heavy atom. The molecule has 1 aliphatic rings. The number of aliphatic carboxylic acids is 2. The second-order valence-corrected chi connectivity index (χ2v) is 11.7.